The lowest BCUT2D eigenvalue weighted by Gasteiger charge is -2.07. The number of methoxy groups -OCH3 is 1. The second-order valence-electron chi connectivity index (χ2n) is 4.48. The van der Waals surface area contributed by atoms with Gasteiger partial charge in [-0.2, -0.15) is 9.97 Å². The minimum atomic E-state index is -0.361. The molecule has 0 amide bonds. The molecular formula is C14H12ClN5O2. The fourth-order valence-electron chi connectivity index (χ4n) is 1.99. The second kappa shape index (κ2) is 5.98. The fourth-order valence-corrected chi connectivity index (χ4v) is 2.16. The predicted octanol–water partition coefficient (Wildman–Crippen LogP) is 2.41. The van der Waals surface area contributed by atoms with Crippen molar-refractivity contribution in [2.45, 2.75) is 6.54 Å². The van der Waals surface area contributed by atoms with Gasteiger partial charge in [-0.25, -0.2) is 9.78 Å². The molecule has 0 aliphatic rings. The van der Waals surface area contributed by atoms with Gasteiger partial charge in [-0.1, -0.05) is 12.1 Å². The number of benzene rings is 1. The molecular weight excluding hydrogens is 306 g/mol. The molecule has 0 radical (unpaired) electrons. The van der Waals surface area contributed by atoms with Crippen LogP contribution in [0.5, 0.6) is 0 Å². The van der Waals surface area contributed by atoms with E-state index in [1.54, 1.807) is 12.1 Å². The van der Waals surface area contributed by atoms with Gasteiger partial charge in [0.1, 0.15) is 5.52 Å². The molecule has 0 aliphatic heterocycles. The van der Waals surface area contributed by atoms with E-state index in [-0.39, 0.29) is 11.3 Å². The monoisotopic (exact) mass is 317 g/mol. The Labute approximate surface area is 130 Å². The standard InChI is InChI=1S/C14H12ClN5O2/c1-22-13(21)9-4-2-8(3-5-9)6-16-11-10-12(18-7-17-10)20-14(15)19-11/h2-5,7H,6H2,1H3,(H2,16,17,18,19,20). The summed E-state index contributed by atoms with van der Waals surface area (Å²) < 4.78 is 4.66. The second-order valence-corrected chi connectivity index (χ2v) is 4.82. The van der Waals surface area contributed by atoms with Crippen LogP contribution in [0.1, 0.15) is 15.9 Å². The summed E-state index contributed by atoms with van der Waals surface area (Å²) in [6.07, 6.45) is 1.53. The van der Waals surface area contributed by atoms with Gasteiger partial charge in [-0.05, 0) is 29.3 Å². The SMILES string of the molecule is COC(=O)c1ccc(CNc2nc(Cl)nc3[nH]cnc23)cc1. The number of ether oxygens (including phenoxy) is 1. The maximum atomic E-state index is 11.4. The third kappa shape index (κ3) is 2.84. The van der Waals surface area contributed by atoms with E-state index in [0.717, 1.165) is 5.56 Å². The molecule has 0 unspecified atom stereocenters. The molecule has 0 saturated carbocycles. The fraction of sp³-hybridized carbons (Fsp3) is 0.143. The topological polar surface area (TPSA) is 92.8 Å². The van der Waals surface area contributed by atoms with Crippen molar-refractivity contribution in [3.05, 3.63) is 47.0 Å². The summed E-state index contributed by atoms with van der Waals surface area (Å²) in [6.45, 7) is 0.511. The number of halogens is 1. The zero-order valence-electron chi connectivity index (χ0n) is 11.6. The average molecular weight is 318 g/mol. The first kappa shape index (κ1) is 14.3. The number of imidazole rings is 1. The van der Waals surface area contributed by atoms with Gasteiger partial charge in [-0.3, -0.25) is 0 Å². The summed E-state index contributed by atoms with van der Waals surface area (Å²) in [5.41, 5.74) is 2.68. The van der Waals surface area contributed by atoms with E-state index in [9.17, 15) is 4.79 Å². The molecule has 7 nitrogen and oxygen atoms in total. The third-order valence-corrected chi connectivity index (χ3v) is 3.26. The van der Waals surface area contributed by atoms with Gasteiger partial charge < -0.3 is 15.0 Å². The molecule has 2 N–H and O–H groups in total. The maximum absolute atomic E-state index is 11.4. The number of anilines is 1. The number of aromatic amines is 1. The number of aromatic nitrogens is 4. The van der Waals surface area contributed by atoms with Crippen LogP contribution in [0, 0.1) is 0 Å². The highest BCUT2D eigenvalue weighted by molar-refractivity contribution is 6.28. The summed E-state index contributed by atoms with van der Waals surface area (Å²) in [5, 5.41) is 3.30. The third-order valence-electron chi connectivity index (χ3n) is 3.09. The molecule has 22 heavy (non-hydrogen) atoms. The van der Waals surface area contributed by atoms with E-state index in [1.807, 2.05) is 12.1 Å². The molecule has 2 aromatic heterocycles. The molecule has 0 bridgehead atoms. The summed E-state index contributed by atoms with van der Waals surface area (Å²) in [7, 11) is 1.35. The van der Waals surface area contributed by atoms with Gasteiger partial charge in [0.2, 0.25) is 5.28 Å². The van der Waals surface area contributed by atoms with Crippen LogP contribution in [0.25, 0.3) is 11.2 Å². The quantitative estimate of drug-likeness (QED) is 0.567. The van der Waals surface area contributed by atoms with E-state index in [4.69, 9.17) is 11.6 Å². The van der Waals surface area contributed by atoms with Gasteiger partial charge >= 0.3 is 5.97 Å². The van der Waals surface area contributed by atoms with Crippen LogP contribution in [0.4, 0.5) is 5.82 Å². The van der Waals surface area contributed by atoms with Crippen LogP contribution in [0.15, 0.2) is 30.6 Å². The van der Waals surface area contributed by atoms with Gasteiger partial charge in [0.25, 0.3) is 0 Å². The summed E-state index contributed by atoms with van der Waals surface area (Å²) in [5.74, 6) is 0.189. The number of carbonyl (C=O) groups is 1. The number of nitrogens with zero attached hydrogens (tertiary/aromatic N) is 3. The Hall–Kier alpha value is -2.67. The number of esters is 1. The van der Waals surface area contributed by atoms with Crippen molar-refractivity contribution in [3.63, 3.8) is 0 Å². The number of carbonyl (C=O) groups excluding carboxylic acids is 1. The van der Waals surface area contributed by atoms with E-state index in [1.165, 1.54) is 13.4 Å². The Kier molecular flexibility index (Phi) is 3.88. The molecule has 3 rings (SSSR count). The Bertz CT molecular complexity index is 816. The molecule has 112 valence electrons. The Morgan fingerprint density at radius 2 is 2.09 bits per heavy atom. The highest BCUT2D eigenvalue weighted by atomic mass is 35.5. The summed E-state index contributed by atoms with van der Waals surface area (Å²) in [4.78, 5) is 26.6. The van der Waals surface area contributed by atoms with Crippen LogP contribution in [-0.2, 0) is 11.3 Å². The number of hydrogen-bond donors (Lipinski definition) is 2. The van der Waals surface area contributed by atoms with Crippen molar-refractivity contribution < 1.29 is 9.53 Å². The summed E-state index contributed by atoms with van der Waals surface area (Å²) in [6, 6.07) is 7.09. The van der Waals surface area contributed by atoms with Crippen molar-refractivity contribution in [1.82, 2.24) is 19.9 Å². The number of fused-ring (bicyclic) bond motifs is 1. The molecule has 0 saturated heterocycles. The predicted molar refractivity (Wildman–Crippen MR) is 81.8 cm³/mol. The highest BCUT2D eigenvalue weighted by Crippen LogP contribution is 2.19. The summed E-state index contributed by atoms with van der Waals surface area (Å²) >= 11 is 5.87. The molecule has 0 spiro atoms. The number of nitrogens with one attached hydrogen (secondary N) is 2. The van der Waals surface area contributed by atoms with E-state index in [2.05, 4.69) is 30.0 Å². The lowest BCUT2D eigenvalue weighted by atomic mass is 10.1. The first-order valence-corrected chi connectivity index (χ1v) is 6.83. The van der Waals surface area contributed by atoms with Gasteiger partial charge in [0, 0.05) is 6.54 Å². The Morgan fingerprint density at radius 1 is 1.32 bits per heavy atom. The molecule has 8 heteroatoms. The number of H-pyrrole nitrogens is 1. The number of rotatable bonds is 4. The van der Waals surface area contributed by atoms with Crippen LogP contribution < -0.4 is 5.32 Å². The van der Waals surface area contributed by atoms with Crippen LogP contribution in [0.3, 0.4) is 0 Å². The van der Waals surface area contributed by atoms with Gasteiger partial charge in [0.05, 0.1) is 19.0 Å². The largest absolute Gasteiger partial charge is 0.465 e. The van der Waals surface area contributed by atoms with Crippen LogP contribution in [0.2, 0.25) is 5.28 Å². The highest BCUT2D eigenvalue weighted by Gasteiger charge is 2.09. The molecule has 0 atom stereocenters. The molecule has 0 fully saturated rings. The first-order chi connectivity index (χ1) is 10.7. The maximum Gasteiger partial charge on any atom is 0.337 e. The normalized spacial score (nSPS) is 10.6. The Balaban J connectivity index is 1.76. The smallest absolute Gasteiger partial charge is 0.337 e. The molecule has 2 heterocycles. The van der Waals surface area contributed by atoms with Crippen molar-refractivity contribution >= 4 is 34.6 Å². The minimum absolute atomic E-state index is 0.139. The zero-order chi connectivity index (χ0) is 15.5. The first-order valence-electron chi connectivity index (χ1n) is 6.45. The van der Waals surface area contributed by atoms with E-state index < -0.39 is 0 Å². The lowest BCUT2D eigenvalue weighted by Crippen LogP contribution is -2.05. The van der Waals surface area contributed by atoms with Gasteiger partial charge in [-0.15, -0.1) is 0 Å². The van der Waals surface area contributed by atoms with Crippen molar-refractivity contribution in [2.75, 3.05) is 12.4 Å². The molecule has 3 aromatic rings. The molecule has 0 aliphatic carbocycles. The Morgan fingerprint density at radius 3 is 2.82 bits per heavy atom. The van der Waals surface area contributed by atoms with E-state index >= 15 is 0 Å². The average Bonchev–Trinajstić information content (AvgIpc) is 3.00. The van der Waals surface area contributed by atoms with Crippen molar-refractivity contribution in [3.8, 4) is 0 Å². The van der Waals surface area contributed by atoms with Crippen molar-refractivity contribution in [1.29, 1.82) is 0 Å². The van der Waals surface area contributed by atoms with Crippen LogP contribution >= 0.6 is 11.6 Å². The minimum Gasteiger partial charge on any atom is -0.465 e. The van der Waals surface area contributed by atoms with Gasteiger partial charge in [0.15, 0.2) is 11.5 Å². The van der Waals surface area contributed by atoms with Crippen LogP contribution in [-0.4, -0.2) is 33.0 Å². The zero-order valence-corrected chi connectivity index (χ0v) is 12.4. The number of hydrogen-bond acceptors (Lipinski definition) is 6. The van der Waals surface area contributed by atoms with E-state index in [0.29, 0.717) is 29.1 Å². The molecule has 1 aromatic carbocycles. The lowest BCUT2D eigenvalue weighted by molar-refractivity contribution is 0.0600. The van der Waals surface area contributed by atoms with Crippen molar-refractivity contribution in [2.24, 2.45) is 0 Å².